The highest BCUT2D eigenvalue weighted by molar-refractivity contribution is 5.91. The zero-order valence-electron chi connectivity index (χ0n) is 14.0. The summed E-state index contributed by atoms with van der Waals surface area (Å²) in [6.45, 7) is -2.67. The van der Waals surface area contributed by atoms with E-state index in [1.165, 1.54) is 42.5 Å². The van der Waals surface area contributed by atoms with E-state index >= 15 is 0 Å². The van der Waals surface area contributed by atoms with Crippen LogP contribution in [0.15, 0.2) is 42.5 Å². The smallest absolute Gasteiger partial charge is 0.387 e. The molecule has 0 amide bonds. The molecule has 1 aliphatic rings. The van der Waals surface area contributed by atoms with Crippen LogP contribution in [0.25, 0.3) is 0 Å². The van der Waals surface area contributed by atoms with Crippen molar-refractivity contribution in [1.82, 2.24) is 0 Å². The number of carbonyl (C=O) groups is 1. The summed E-state index contributed by atoms with van der Waals surface area (Å²) in [7, 11) is 0. The largest absolute Gasteiger partial charge is 0.489 e. The molecule has 0 saturated heterocycles. The Hall–Kier alpha value is -3.23. The molecule has 142 valence electrons. The van der Waals surface area contributed by atoms with E-state index in [9.17, 15) is 23.7 Å². The highest BCUT2D eigenvalue weighted by atomic mass is 19.3. The van der Waals surface area contributed by atoms with Crippen LogP contribution < -0.4 is 14.2 Å². The first-order valence-electron chi connectivity index (χ1n) is 8.10. The average Bonchev–Trinajstić information content (AvgIpc) is 3.45. The minimum absolute atomic E-state index is 0.0281. The number of nitrogens with zero attached hydrogens (tertiary/aromatic N) is 1. The van der Waals surface area contributed by atoms with E-state index in [2.05, 4.69) is 4.74 Å². The van der Waals surface area contributed by atoms with Crippen LogP contribution in [0.3, 0.4) is 0 Å². The molecule has 0 aromatic heterocycles. The van der Waals surface area contributed by atoms with Crippen LogP contribution in [-0.2, 0) is 0 Å². The lowest BCUT2D eigenvalue weighted by molar-refractivity contribution is -0.384. The van der Waals surface area contributed by atoms with Gasteiger partial charge in [0.05, 0.1) is 17.1 Å². The highest BCUT2D eigenvalue weighted by Crippen LogP contribution is 2.34. The number of nitro groups is 1. The van der Waals surface area contributed by atoms with E-state index in [1.807, 2.05) is 0 Å². The Kier molecular flexibility index (Phi) is 5.49. The van der Waals surface area contributed by atoms with Gasteiger partial charge >= 0.3 is 12.6 Å². The number of hydrogen-bond acceptors (Lipinski definition) is 6. The summed E-state index contributed by atoms with van der Waals surface area (Å²) in [5, 5.41) is 10.6. The van der Waals surface area contributed by atoms with Gasteiger partial charge in [0.25, 0.3) is 5.69 Å². The van der Waals surface area contributed by atoms with Gasteiger partial charge in [-0.05, 0) is 49.1 Å². The quantitative estimate of drug-likeness (QED) is 0.296. The van der Waals surface area contributed by atoms with Crippen molar-refractivity contribution in [2.75, 3.05) is 6.61 Å². The SMILES string of the molecule is O=C(Oc1ccc([N+](=O)[O-])cc1)c1ccc(OC(F)F)c(OCC2CC2)c1. The van der Waals surface area contributed by atoms with E-state index in [0.717, 1.165) is 12.8 Å². The molecule has 2 aromatic carbocycles. The molecule has 0 atom stereocenters. The van der Waals surface area contributed by atoms with Crippen molar-refractivity contribution >= 4 is 11.7 Å². The second-order valence-corrected chi connectivity index (χ2v) is 5.93. The Bertz CT molecular complexity index is 836. The molecule has 0 spiro atoms. The molecule has 1 aliphatic carbocycles. The summed E-state index contributed by atoms with van der Waals surface area (Å²) in [6, 6.07) is 8.73. The second kappa shape index (κ2) is 7.98. The van der Waals surface area contributed by atoms with Crippen LogP contribution in [-0.4, -0.2) is 24.1 Å². The molecule has 9 heteroatoms. The molecule has 1 saturated carbocycles. The summed E-state index contributed by atoms with van der Waals surface area (Å²) in [5.41, 5.74) is -0.0696. The van der Waals surface area contributed by atoms with Gasteiger partial charge in [0.1, 0.15) is 5.75 Å². The molecular formula is C18H15F2NO6. The van der Waals surface area contributed by atoms with Gasteiger partial charge in [-0.1, -0.05) is 0 Å². The van der Waals surface area contributed by atoms with Gasteiger partial charge in [0.15, 0.2) is 11.5 Å². The Labute approximate surface area is 152 Å². The average molecular weight is 379 g/mol. The maximum absolute atomic E-state index is 12.5. The lowest BCUT2D eigenvalue weighted by Crippen LogP contribution is -2.11. The third kappa shape index (κ3) is 5.13. The number of carbonyl (C=O) groups excluding carboxylic acids is 1. The van der Waals surface area contributed by atoms with Gasteiger partial charge in [-0.25, -0.2) is 4.79 Å². The standard InChI is InChI=1S/C18H15F2NO6/c19-18(20)27-15-8-3-12(9-16(15)25-10-11-1-2-11)17(22)26-14-6-4-13(5-7-14)21(23)24/h3-9,11,18H,1-2,10H2. The lowest BCUT2D eigenvalue weighted by atomic mass is 10.2. The fourth-order valence-electron chi connectivity index (χ4n) is 2.24. The number of non-ortho nitro benzene ring substituents is 1. The van der Waals surface area contributed by atoms with Crippen LogP contribution in [0, 0.1) is 16.0 Å². The molecule has 0 bridgehead atoms. The van der Waals surface area contributed by atoms with Gasteiger partial charge in [-0.15, -0.1) is 0 Å². The van der Waals surface area contributed by atoms with E-state index in [-0.39, 0.29) is 28.5 Å². The molecule has 2 aromatic rings. The van der Waals surface area contributed by atoms with Crippen LogP contribution in [0.1, 0.15) is 23.2 Å². The van der Waals surface area contributed by atoms with Crippen molar-refractivity contribution < 1.29 is 32.7 Å². The van der Waals surface area contributed by atoms with Crippen molar-refractivity contribution in [3.05, 3.63) is 58.1 Å². The summed E-state index contributed by atoms with van der Waals surface area (Å²) in [6.07, 6.45) is 2.01. The first kappa shape index (κ1) is 18.6. The van der Waals surface area contributed by atoms with E-state index in [1.54, 1.807) is 0 Å². The Balaban J connectivity index is 1.74. The fourth-order valence-corrected chi connectivity index (χ4v) is 2.24. The van der Waals surface area contributed by atoms with Gasteiger partial charge in [0, 0.05) is 12.1 Å². The summed E-state index contributed by atoms with van der Waals surface area (Å²) in [5.74, 6) is -0.416. The maximum atomic E-state index is 12.5. The number of nitro benzene ring substituents is 1. The molecule has 1 fully saturated rings. The number of rotatable bonds is 8. The first-order valence-corrected chi connectivity index (χ1v) is 8.10. The number of esters is 1. The number of hydrogen-bond donors (Lipinski definition) is 0. The maximum Gasteiger partial charge on any atom is 0.387 e. The van der Waals surface area contributed by atoms with Crippen molar-refractivity contribution in [2.24, 2.45) is 5.92 Å². The first-order chi connectivity index (χ1) is 12.9. The molecule has 0 heterocycles. The highest BCUT2D eigenvalue weighted by Gasteiger charge is 2.23. The number of alkyl halides is 2. The summed E-state index contributed by atoms with van der Waals surface area (Å²) < 4.78 is 40.1. The van der Waals surface area contributed by atoms with E-state index in [0.29, 0.717) is 12.5 Å². The van der Waals surface area contributed by atoms with Crippen molar-refractivity contribution in [3.8, 4) is 17.2 Å². The lowest BCUT2D eigenvalue weighted by Gasteiger charge is -2.13. The van der Waals surface area contributed by atoms with Crippen LogP contribution in [0.5, 0.6) is 17.2 Å². The van der Waals surface area contributed by atoms with E-state index in [4.69, 9.17) is 9.47 Å². The Morgan fingerprint density at radius 2 is 1.85 bits per heavy atom. The zero-order valence-corrected chi connectivity index (χ0v) is 14.0. The van der Waals surface area contributed by atoms with Crippen molar-refractivity contribution in [2.45, 2.75) is 19.5 Å². The Morgan fingerprint density at radius 3 is 2.44 bits per heavy atom. The van der Waals surface area contributed by atoms with Gasteiger partial charge in [0.2, 0.25) is 0 Å². The minimum Gasteiger partial charge on any atom is -0.489 e. The molecule has 0 N–H and O–H groups in total. The summed E-state index contributed by atoms with van der Waals surface area (Å²) >= 11 is 0. The molecular weight excluding hydrogens is 364 g/mol. The number of benzene rings is 2. The minimum atomic E-state index is -3.02. The zero-order chi connectivity index (χ0) is 19.4. The molecule has 0 unspecified atom stereocenters. The monoisotopic (exact) mass is 379 g/mol. The van der Waals surface area contributed by atoms with Crippen LogP contribution in [0.2, 0.25) is 0 Å². The topological polar surface area (TPSA) is 87.9 Å². The molecule has 27 heavy (non-hydrogen) atoms. The Morgan fingerprint density at radius 1 is 1.15 bits per heavy atom. The van der Waals surface area contributed by atoms with Gasteiger partial charge < -0.3 is 14.2 Å². The third-order valence-electron chi connectivity index (χ3n) is 3.83. The van der Waals surface area contributed by atoms with Crippen molar-refractivity contribution in [3.63, 3.8) is 0 Å². The van der Waals surface area contributed by atoms with Gasteiger partial charge in [-0.3, -0.25) is 10.1 Å². The third-order valence-corrected chi connectivity index (χ3v) is 3.83. The molecule has 0 aliphatic heterocycles. The fraction of sp³-hybridized carbons (Fsp3) is 0.278. The van der Waals surface area contributed by atoms with E-state index < -0.39 is 17.5 Å². The summed E-state index contributed by atoms with van der Waals surface area (Å²) in [4.78, 5) is 22.3. The van der Waals surface area contributed by atoms with Crippen LogP contribution in [0.4, 0.5) is 14.5 Å². The number of ether oxygens (including phenoxy) is 3. The number of halogens is 2. The predicted molar refractivity (Wildman–Crippen MR) is 89.3 cm³/mol. The predicted octanol–water partition coefficient (Wildman–Crippen LogP) is 4.20. The molecule has 0 radical (unpaired) electrons. The molecule has 3 rings (SSSR count). The van der Waals surface area contributed by atoms with Gasteiger partial charge in [-0.2, -0.15) is 8.78 Å². The van der Waals surface area contributed by atoms with Crippen LogP contribution >= 0.6 is 0 Å². The second-order valence-electron chi connectivity index (χ2n) is 5.93. The normalized spacial score (nSPS) is 13.3. The molecule has 7 nitrogen and oxygen atoms in total. The van der Waals surface area contributed by atoms with Crippen molar-refractivity contribution in [1.29, 1.82) is 0 Å².